The van der Waals surface area contributed by atoms with Crippen LogP contribution in [-0.2, 0) is 0 Å². The first-order chi connectivity index (χ1) is 13.7. The molecule has 0 unspecified atom stereocenters. The molecule has 0 aliphatic heterocycles. The summed E-state index contributed by atoms with van der Waals surface area (Å²) in [6.07, 6.45) is 0. The molecule has 2 amide bonds. The molecular weight excluding hydrogens is 356 g/mol. The fourth-order valence-electron chi connectivity index (χ4n) is 2.47. The molecule has 3 aromatic carbocycles. The molecule has 0 saturated carbocycles. The molecule has 0 bridgehead atoms. The van der Waals surface area contributed by atoms with E-state index in [4.69, 9.17) is 14.2 Å². The van der Waals surface area contributed by atoms with Crippen LogP contribution >= 0.6 is 0 Å². The number of carbonyl (C=O) groups excluding carboxylic acids is 1. The zero-order valence-electron chi connectivity index (χ0n) is 15.6. The van der Waals surface area contributed by atoms with Gasteiger partial charge in [0.25, 0.3) is 0 Å². The lowest BCUT2D eigenvalue weighted by atomic mass is 10.3. The molecular formula is C22H22N2O4. The van der Waals surface area contributed by atoms with Crippen LogP contribution in [0.5, 0.6) is 23.0 Å². The first-order valence-electron chi connectivity index (χ1n) is 8.88. The molecule has 0 aromatic heterocycles. The second kappa shape index (κ2) is 9.87. The summed E-state index contributed by atoms with van der Waals surface area (Å²) in [5, 5.41) is 5.56. The molecule has 0 heterocycles. The second-order valence-corrected chi connectivity index (χ2v) is 5.82. The summed E-state index contributed by atoms with van der Waals surface area (Å²) in [5.41, 5.74) is 0.581. The number of hydrogen-bond acceptors (Lipinski definition) is 4. The van der Waals surface area contributed by atoms with E-state index in [9.17, 15) is 4.79 Å². The second-order valence-electron chi connectivity index (χ2n) is 5.82. The maximum absolute atomic E-state index is 12.2. The zero-order valence-corrected chi connectivity index (χ0v) is 15.6. The van der Waals surface area contributed by atoms with Crippen molar-refractivity contribution < 1.29 is 19.0 Å². The van der Waals surface area contributed by atoms with Crippen LogP contribution in [0.2, 0.25) is 0 Å². The lowest BCUT2D eigenvalue weighted by Crippen LogP contribution is -2.32. The van der Waals surface area contributed by atoms with E-state index in [1.54, 1.807) is 25.3 Å². The van der Waals surface area contributed by atoms with Crippen LogP contribution in [-0.4, -0.2) is 26.3 Å². The van der Waals surface area contributed by atoms with E-state index in [1.807, 2.05) is 60.7 Å². The number of benzene rings is 3. The van der Waals surface area contributed by atoms with Crippen molar-refractivity contribution in [3.63, 3.8) is 0 Å². The predicted molar refractivity (Wildman–Crippen MR) is 108 cm³/mol. The summed E-state index contributed by atoms with van der Waals surface area (Å²) in [6, 6.07) is 23.6. The Hall–Kier alpha value is -3.67. The Morgan fingerprint density at radius 1 is 0.857 bits per heavy atom. The first-order valence-corrected chi connectivity index (χ1v) is 8.88. The molecule has 0 aliphatic rings. The number of ether oxygens (including phenoxy) is 3. The summed E-state index contributed by atoms with van der Waals surface area (Å²) in [6.45, 7) is 0.688. The van der Waals surface area contributed by atoms with Gasteiger partial charge >= 0.3 is 6.03 Å². The van der Waals surface area contributed by atoms with Crippen molar-refractivity contribution in [3.8, 4) is 23.0 Å². The number of anilines is 1. The molecule has 0 atom stereocenters. The molecule has 0 saturated heterocycles. The lowest BCUT2D eigenvalue weighted by molar-refractivity contribution is 0.247. The monoisotopic (exact) mass is 378 g/mol. The van der Waals surface area contributed by atoms with Gasteiger partial charge in [-0.15, -0.1) is 0 Å². The number of rotatable bonds is 8. The molecule has 6 heteroatoms. The summed E-state index contributed by atoms with van der Waals surface area (Å²) in [7, 11) is 1.60. The Bertz CT molecular complexity index is 900. The Morgan fingerprint density at radius 3 is 2.39 bits per heavy atom. The van der Waals surface area contributed by atoms with E-state index in [0.29, 0.717) is 36.1 Å². The van der Waals surface area contributed by atoms with Gasteiger partial charge in [0.15, 0.2) is 5.75 Å². The Kier molecular flexibility index (Phi) is 6.73. The van der Waals surface area contributed by atoms with E-state index in [0.717, 1.165) is 5.75 Å². The summed E-state index contributed by atoms with van der Waals surface area (Å²) in [4.78, 5) is 12.2. The van der Waals surface area contributed by atoms with Crippen molar-refractivity contribution >= 4 is 11.7 Å². The molecule has 3 rings (SSSR count). The van der Waals surface area contributed by atoms with Gasteiger partial charge < -0.3 is 24.8 Å². The standard InChI is InChI=1S/C22H22N2O4/c1-26-18-10-7-11-19(16-18)27-15-14-23-22(25)24-20-12-5-6-13-21(20)28-17-8-3-2-4-9-17/h2-13,16H,14-15H2,1H3,(H2,23,24,25). The summed E-state index contributed by atoms with van der Waals surface area (Å²) >= 11 is 0. The van der Waals surface area contributed by atoms with E-state index >= 15 is 0 Å². The van der Waals surface area contributed by atoms with Gasteiger partial charge in [0.05, 0.1) is 19.3 Å². The fourth-order valence-corrected chi connectivity index (χ4v) is 2.47. The number of nitrogens with one attached hydrogen (secondary N) is 2. The van der Waals surface area contributed by atoms with Gasteiger partial charge in [-0.3, -0.25) is 0 Å². The van der Waals surface area contributed by atoms with Gasteiger partial charge in [-0.05, 0) is 36.4 Å². The first kappa shape index (κ1) is 19.1. The average molecular weight is 378 g/mol. The smallest absolute Gasteiger partial charge is 0.319 e. The van der Waals surface area contributed by atoms with Crippen molar-refractivity contribution in [1.29, 1.82) is 0 Å². The molecule has 6 nitrogen and oxygen atoms in total. The van der Waals surface area contributed by atoms with Gasteiger partial charge in [0, 0.05) is 6.07 Å². The third-order valence-corrected chi connectivity index (χ3v) is 3.80. The molecule has 2 N–H and O–H groups in total. The zero-order chi connectivity index (χ0) is 19.6. The minimum atomic E-state index is -0.335. The maximum atomic E-state index is 12.2. The number of para-hydroxylation sites is 3. The van der Waals surface area contributed by atoms with Gasteiger partial charge in [0.2, 0.25) is 0 Å². The Morgan fingerprint density at radius 2 is 1.57 bits per heavy atom. The Labute approximate surface area is 164 Å². The minimum Gasteiger partial charge on any atom is -0.497 e. The van der Waals surface area contributed by atoms with Crippen molar-refractivity contribution in [2.75, 3.05) is 25.6 Å². The topological polar surface area (TPSA) is 68.8 Å². The third kappa shape index (κ3) is 5.67. The molecule has 28 heavy (non-hydrogen) atoms. The maximum Gasteiger partial charge on any atom is 0.319 e. The van der Waals surface area contributed by atoms with E-state index in [1.165, 1.54) is 0 Å². The minimum absolute atomic E-state index is 0.335. The lowest BCUT2D eigenvalue weighted by Gasteiger charge is -2.13. The highest BCUT2D eigenvalue weighted by Crippen LogP contribution is 2.28. The number of methoxy groups -OCH3 is 1. The van der Waals surface area contributed by atoms with Gasteiger partial charge in [0.1, 0.15) is 23.9 Å². The molecule has 0 spiro atoms. The number of carbonyl (C=O) groups is 1. The van der Waals surface area contributed by atoms with Crippen molar-refractivity contribution in [1.82, 2.24) is 5.32 Å². The van der Waals surface area contributed by atoms with E-state index in [2.05, 4.69) is 10.6 Å². The highest BCUT2D eigenvalue weighted by Gasteiger charge is 2.08. The van der Waals surface area contributed by atoms with E-state index in [-0.39, 0.29) is 6.03 Å². The normalized spacial score (nSPS) is 10.0. The van der Waals surface area contributed by atoms with Gasteiger partial charge in [-0.2, -0.15) is 0 Å². The highest BCUT2D eigenvalue weighted by atomic mass is 16.5. The van der Waals surface area contributed by atoms with Crippen LogP contribution in [0.15, 0.2) is 78.9 Å². The van der Waals surface area contributed by atoms with Gasteiger partial charge in [-0.1, -0.05) is 36.4 Å². The van der Waals surface area contributed by atoms with Gasteiger partial charge in [-0.25, -0.2) is 4.79 Å². The Balaban J connectivity index is 1.48. The third-order valence-electron chi connectivity index (χ3n) is 3.80. The largest absolute Gasteiger partial charge is 0.497 e. The number of hydrogen-bond donors (Lipinski definition) is 2. The average Bonchev–Trinajstić information content (AvgIpc) is 2.73. The fraction of sp³-hybridized carbons (Fsp3) is 0.136. The number of amides is 2. The molecule has 3 aromatic rings. The molecule has 0 radical (unpaired) electrons. The molecule has 144 valence electrons. The SMILES string of the molecule is COc1cccc(OCCNC(=O)Nc2ccccc2Oc2ccccc2)c1. The summed E-state index contributed by atoms with van der Waals surface area (Å²) in [5.74, 6) is 2.67. The van der Waals surface area contributed by atoms with Crippen LogP contribution in [0.25, 0.3) is 0 Å². The molecule has 0 aliphatic carbocycles. The molecule has 0 fully saturated rings. The van der Waals surface area contributed by atoms with Crippen LogP contribution in [0.3, 0.4) is 0 Å². The van der Waals surface area contributed by atoms with Crippen molar-refractivity contribution in [2.24, 2.45) is 0 Å². The quantitative estimate of drug-likeness (QED) is 0.558. The predicted octanol–water partition coefficient (Wildman–Crippen LogP) is 4.69. The summed E-state index contributed by atoms with van der Waals surface area (Å²) < 4.78 is 16.6. The van der Waals surface area contributed by atoms with E-state index < -0.39 is 0 Å². The van der Waals surface area contributed by atoms with Crippen molar-refractivity contribution in [2.45, 2.75) is 0 Å². The van der Waals surface area contributed by atoms with Crippen LogP contribution in [0.4, 0.5) is 10.5 Å². The van der Waals surface area contributed by atoms with Crippen molar-refractivity contribution in [3.05, 3.63) is 78.9 Å². The van der Waals surface area contributed by atoms with Crippen LogP contribution in [0.1, 0.15) is 0 Å². The van der Waals surface area contributed by atoms with Crippen LogP contribution in [0, 0.1) is 0 Å². The number of urea groups is 1. The highest BCUT2D eigenvalue weighted by molar-refractivity contribution is 5.90. The van der Waals surface area contributed by atoms with Crippen LogP contribution < -0.4 is 24.8 Å².